The van der Waals surface area contributed by atoms with Crippen molar-refractivity contribution in [1.29, 1.82) is 0 Å². The lowest BCUT2D eigenvalue weighted by Crippen LogP contribution is -2.36. The topological polar surface area (TPSA) is 102 Å². The van der Waals surface area contributed by atoms with Gasteiger partial charge in [-0.1, -0.05) is 30.0 Å². The van der Waals surface area contributed by atoms with Crippen molar-refractivity contribution >= 4 is 23.6 Å². The lowest BCUT2D eigenvalue weighted by atomic mass is 10.2. The number of nitrogens with one attached hydrogen (secondary N) is 2. The first kappa shape index (κ1) is 16.0. The van der Waals surface area contributed by atoms with Gasteiger partial charge in [0.15, 0.2) is 0 Å². The Morgan fingerprint density at radius 2 is 2.05 bits per heavy atom. The smallest absolute Gasteiger partial charge is 0.239 e. The minimum Gasteiger partial charge on any atom is -0.358 e. The van der Waals surface area contributed by atoms with Crippen LogP contribution in [0.3, 0.4) is 0 Å². The maximum atomic E-state index is 11.7. The maximum Gasteiger partial charge on any atom is 0.239 e. The van der Waals surface area contributed by atoms with Crippen LogP contribution < -0.4 is 10.6 Å². The molecule has 2 N–H and O–H groups in total. The van der Waals surface area contributed by atoms with E-state index in [1.54, 1.807) is 4.68 Å². The van der Waals surface area contributed by atoms with Gasteiger partial charge in [-0.05, 0) is 29.0 Å². The lowest BCUT2D eigenvalue weighted by Gasteiger charge is -2.07. The summed E-state index contributed by atoms with van der Waals surface area (Å²) in [5.74, 6) is -0.375. The molecule has 2 aromatic rings. The highest BCUT2D eigenvalue weighted by Gasteiger charge is 2.13. The molecule has 0 fully saturated rings. The molecule has 2 amide bonds. The van der Waals surface area contributed by atoms with Crippen molar-refractivity contribution < 1.29 is 9.59 Å². The average molecular weight is 320 g/mol. The second-order valence-electron chi connectivity index (χ2n) is 4.40. The summed E-state index contributed by atoms with van der Waals surface area (Å²) in [5.41, 5.74) is 1.89. The number of rotatable bonds is 6. The summed E-state index contributed by atoms with van der Waals surface area (Å²) in [6, 6.07) is 7.69. The second-order valence-corrected chi connectivity index (χ2v) is 5.34. The minimum absolute atomic E-state index is 0.0430. The average Bonchev–Trinajstić information content (AvgIpc) is 2.99. The van der Waals surface area contributed by atoms with E-state index in [4.69, 9.17) is 0 Å². The molecular formula is C13H16N6O2S. The Kier molecular flexibility index (Phi) is 5.48. The summed E-state index contributed by atoms with van der Waals surface area (Å²) in [6.45, 7) is 1.92. The van der Waals surface area contributed by atoms with Crippen LogP contribution in [0.5, 0.6) is 0 Å². The number of thioether (sulfide) groups is 1. The standard InChI is InChI=1S/C13H16N6O2S/c1-9-5-3-4-6-10(9)19-13(16-17-18-19)22-8-12(21)15-7-11(20)14-2/h3-6H,7-8H2,1-2H3,(H,14,20)(H,15,21). The van der Waals surface area contributed by atoms with Crippen LogP contribution in [0, 0.1) is 6.92 Å². The van der Waals surface area contributed by atoms with Crippen molar-refractivity contribution in [2.75, 3.05) is 19.3 Å². The van der Waals surface area contributed by atoms with Crippen molar-refractivity contribution in [1.82, 2.24) is 30.8 Å². The van der Waals surface area contributed by atoms with Crippen molar-refractivity contribution in [3.8, 4) is 5.69 Å². The molecule has 0 aliphatic carbocycles. The molecule has 2 rings (SSSR count). The van der Waals surface area contributed by atoms with Crippen LogP contribution in [0.25, 0.3) is 5.69 Å². The molecule has 0 bridgehead atoms. The number of hydrogen-bond donors (Lipinski definition) is 2. The highest BCUT2D eigenvalue weighted by Crippen LogP contribution is 2.19. The number of nitrogens with zero attached hydrogens (tertiary/aromatic N) is 4. The van der Waals surface area contributed by atoms with Gasteiger partial charge in [-0.25, -0.2) is 0 Å². The molecule has 0 saturated heterocycles. The number of para-hydroxylation sites is 1. The molecule has 0 saturated carbocycles. The van der Waals surface area contributed by atoms with Gasteiger partial charge < -0.3 is 10.6 Å². The first-order valence-corrected chi connectivity index (χ1v) is 7.55. The molecule has 9 heteroatoms. The van der Waals surface area contributed by atoms with E-state index in [1.165, 1.54) is 18.8 Å². The van der Waals surface area contributed by atoms with Gasteiger partial charge >= 0.3 is 0 Å². The van der Waals surface area contributed by atoms with E-state index < -0.39 is 0 Å². The molecule has 0 spiro atoms. The van der Waals surface area contributed by atoms with Crippen LogP contribution in [0.15, 0.2) is 29.4 Å². The van der Waals surface area contributed by atoms with Crippen LogP contribution in [0.1, 0.15) is 5.56 Å². The third-order valence-corrected chi connectivity index (χ3v) is 3.76. The number of carbonyl (C=O) groups is 2. The predicted octanol–water partition coefficient (Wildman–Crippen LogP) is -0.0750. The zero-order chi connectivity index (χ0) is 15.9. The molecule has 1 aromatic heterocycles. The molecular weight excluding hydrogens is 304 g/mol. The largest absolute Gasteiger partial charge is 0.358 e. The van der Waals surface area contributed by atoms with Crippen LogP contribution in [0.2, 0.25) is 0 Å². The van der Waals surface area contributed by atoms with E-state index in [9.17, 15) is 9.59 Å². The first-order chi connectivity index (χ1) is 10.6. The number of hydrogen-bond acceptors (Lipinski definition) is 6. The van der Waals surface area contributed by atoms with Gasteiger partial charge in [0.25, 0.3) is 0 Å². The summed E-state index contributed by atoms with van der Waals surface area (Å²) in [6.07, 6.45) is 0. The zero-order valence-corrected chi connectivity index (χ0v) is 13.1. The summed E-state index contributed by atoms with van der Waals surface area (Å²) in [4.78, 5) is 22.7. The van der Waals surface area contributed by atoms with Gasteiger partial charge in [0.05, 0.1) is 18.0 Å². The van der Waals surface area contributed by atoms with Gasteiger partial charge in [-0.2, -0.15) is 4.68 Å². The van der Waals surface area contributed by atoms with E-state index in [0.717, 1.165) is 11.3 Å². The molecule has 1 aromatic carbocycles. The van der Waals surface area contributed by atoms with E-state index in [0.29, 0.717) is 5.16 Å². The number of benzene rings is 1. The van der Waals surface area contributed by atoms with Crippen LogP contribution in [-0.4, -0.2) is 51.4 Å². The van der Waals surface area contributed by atoms with Gasteiger partial charge in [0.2, 0.25) is 17.0 Å². The molecule has 22 heavy (non-hydrogen) atoms. The van der Waals surface area contributed by atoms with E-state index in [-0.39, 0.29) is 24.1 Å². The van der Waals surface area contributed by atoms with Gasteiger partial charge in [0, 0.05) is 7.05 Å². The molecule has 0 aliphatic rings. The molecule has 0 atom stereocenters. The van der Waals surface area contributed by atoms with Gasteiger partial charge in [0.1, 0.15) is 0 Å². The zero-order valence-electron chi connectivity index (χ0n) is 12.2. The second kappa shape index (κ2) is 7.55. The molecule has 8 nitrogen and oxygen atoms in total. The Hall–Kier alpha value is -2.42. The Labute approximate surface area is 131 Å². The SMILES string of the molecule is CNC(=O)CNC(=O)CSc1nnnn1-c1ccccc1C. The number of aromatic nitrogens is 4. The lowest BCUT2D eigenvalue weighted by molar-refractivity contribution is -0.124. The summed E-state index contributed by atoms with van der Waals surface area (Å²) in [5, 5.41) is 17.0. The van der Waals surface area contributed by atoms with Gasteiger partial charge in [-0.3, -0.25) is 9.59 Å². The summed E-state index contributed by atoms with van der Waals surface area (Å²) < 4.78 is 1.59. The van der Waals surface area contributed by atoms with Crippen LogP contribution in [0.4, 0.5) is 0 Å². The van der Waals surface area contributed by atoms with Crippen molar-refractivity contribution in [3.05, 3.63) is 29.8 Å². The van der Waals surface area contributed by atoms with Crippen molar-refractivity contribution in [2.45, 2.75) is 12.1 Å². The summed E-state index contributed by atoms with van der Waals surface area (Å²) in [7, 11) is 1.51. The monoisotopic (exact) mass is 320 g/mol. The number of aryl methyl sites for hydroxylation is 1. The fourth-order valence-corrected chi connectivity index (χ4v) is 2.38. The third-order valence-electron chi connectivity index (χ3n) is 2.84. The van der Waals surface area contributed by atoms with E-state index in [2.05, 4.69) is 26.2 Å². The Morgan fingerprint density at radius 3 is 2.77 bits per heavy atom. The van der Waals surface area contributed by atoms with Crippen LogP contribution >= 0.6 is 11.8 Å². The molecule has 116 valence electrons. The predicted molar refractivity (Wildman–Crippen MR) is 81.7 cm³/mol. The molecule has 0 radical (unpaired) electrons. The van der Waals surface area contributed by atoms with Crippen molar-refractivity contribution in [3.63, 3.8) is 0 Å². The Balaban J connectivity index is 1.98. The van der Waals surface area contributed by atoms with Crippen LogP contribution in [-0.2, 0) is 9.59 Å². The highest BCUT2D eigenvalue weighted by molar-refractivity contribution is 7.99. The fraction of sp³-hybridized carbons (Fsp3) is 0.308. The van der Waals surface area contributed by atoms with Gasteiger partial charge in [-0.15, -0.1) is 5.10 Å². The molecule has 1 heterocycles. The maximum absolute atomic E-state index is 11.7. The van der Waals surface area contributed by atoms with Crippen molar-refractivity contribution in [2.24, 2.45) is 0 Å². The van der Waals surface area contributed by atoms with E-state index in [1.807, 2.05) is 31.2 Å². The normalized spacial score (nSPS) is 10.3. The molecule has 0 aliphatic heterocycles. The molecule has 0 unspecified atom stereocenters. The Bertz CT molecular complexity index is 672. The number of carbonyl (C=O) groups excluding carboxylic acids is 2. The van der Waals surface area contributed by atoms with E-state index >= 15 is 0 Å². The number of amides is 2. The number of likely N-dealkylation sites (N-methyl/N-ethyl adjacent to an activating group) is 1. The first-order valence-electron chi connectivity index (χ1n) is 6.56. The number of tetrazole rings is 1. The fourth-order valence-electron chi connectivity index (χ4n) is 1.67. The Morgan fingerprint density at radius 1 is 1.27 bits per heavy atom. The highest BCUT2D eigenvalue weighted by atomic mass is 32.2. The third kappa shape index (κ3) is 4.04. The summed E-state index contributed by atoms with van der Waals surface area (Å²) >= 11 is 1.21. The quantitative estimate of drug-likeness (QED) is 0.722. The minimum atomic E-state index is -0.257.